The van der Waals surface area contributed by atoms with Gasteiger partial charge in [0, 0.05) is 11.8 Å². The molecule has 0 atom stereocenters. The van der Waals surface area contributed by atoms with Gasteiger partial charge in [-0.25, -0.2) is 9.78 Å². The summed E-state index contributed by atoms with van der Waals surface area (Å²) >= 11 is 0. The quantitative estimate of drug-likeness (QED) is 0.405. The Morgan fingerprint density at radius 1 is 1.67 bits per heavy atom. The number of hydrogen-bond acceptors (Lipinski definition) is 4. The van der Waals surface area contributed by atoms with Crippen LogP contribution in [-0.2, 0) is 9.53 Å². The molecule has 0 unspecified atom stereocenters. The van der Waals surface area contributed by atoms with Gasteiger partial charge in [0.05, 0.1) is 13.5 Å². The molecular formula is C11H9NO3. The number of aldehydes is 1. The molecule has 15 heavy (non-hydrogen) atoms. The molecule has 4 nitrogen and oxygen atoms in total. The van der Waals surface area contributed by atoms with Crippen molar-refractivity contribution in [3.8, 4) is 11.8 Å². The van der Waals surface area contributed by atoms with Crippen LogP contribution in [-0.4, -0.2) is 24.3 Å². The molecule has 76 valence electrons. The van der Waals surface area contributed by atoms with E-state index in [2.05, 4.69) is 21.6 Å². The molecule has 1 rings (SSSR count). The van der Waals surface area contributed by atoms with Gasteiger partial charge in [-0.1, -0.05) is 11.8 Å². The maximum atomic E-state index is 11.1. The molecule has 0 radical (unpaired) electrons. The number of rotatable bonds is 2. The van der Waals surface area contributed by atoms with Crippen molar-refractivity contribution in [1.82, 2.24) is 4.98 Å². The second kappa shape index (κ2) is 5.55. The smallest absolute Gasteiger partial charge is 0.356 e. The van der Waals surface area contributed by atoms with E-state index in [0.717, 1.165) is 6.29 Å². The second-order valence-electron chi connectivity index (χ2n) is 2.59. The predicted octanol–water partition coefficient (Wildman–Crippen LogP) is 0.809. The number of ether oxygens (including phenoxy) is 1. The zero-order valence-electron chi connectivity index (χ0n) is 8.19. The third-order valence-corrected chi connectivity index (χ3v) is 1.57. The largest absolute Gasteiger partial charge is 0.464 e. The normalized spacial score (nSPS) is 8.60. The first-order valence-corrected chi connectivity index (χ1v) is 4.25. The number of carbonyl (C=O) groups excluding carboxylic acids is 2. The number of nitrogens with zero attached hydrogens (tertiary/aromatic N) is 1. The van der Waals surface area contributed by atoms with Crippen molar-refractivity contribution in [1.29, 1.82) is 0 Å². The van der Waals surface area contributed by atoms with Crippen molar-refractivity contribution in [2.24, 2.45) is 0 Å². The molecule has 0 bridgehead atoms. The van der Waals surface area contributed by atoms with E-state index in [-0.39, 0.29) is 12.1 Å². The summed E-state index contributed by atoms with van der Waals surface area (Å²) in [5.41, 5.74) is 0.836. The van der Waals surface area contributed by atoms with Crippen LogP contribution in [0.1, 0.15) is 22.5 Å². The molecule has 0 fully saturated rings. The van der Waals surface area contributed by atoms with E-state index >= 15 is 0 Å². The lowest BCUT2D eigenvalue weighted by Crippen LogP contribution is -2.03. The van der Waals surface area contributed by atoms with E-state index in [1.165, 1.54) is 19.4 Å². The van der Waals surface area contributed by atoms with Crippen LogP contribution in [0.5, 0.6) is 0 Å². The van der Waals surface area contributed by atoms with Crippen LogP contribution in [0.25, 0.3) is 0 Å². The Hall–Kier alpha value is -2.15. The average Bonchev–Trinajstić information content (AvgIpc) is 2.29. The van der Waals surface area contributed by atoms with Gasteiger partial charge >= 0.3 is 5.97 Å². The van der Waals surface area contributed by atoms with Gasteiger partial charge in [0.25, 0.3) is 0 Å². The van der Waals surface area contributed by atoms with Gasteiger partial charge in [-0.2, -0.15) is 0 Å². The fraction of sp³-hybridized carbons (Fsp3) is 0.182. The summed E-state index contributed by atoms with van der Waals surface area (Å²) in [6.07, 6.45) is 2.36. The lowest BCUT2D eigenvalue weighted by molar-refractivity contribution is -0.107. The van der Waals surface area contributed by atoms with Gasteiger partial charge in [-0.3, -0.25) is 0 Å². The van der Waals surface area contributed by atoms with Gasteiger partial charge in [0.2, 0.25) is 0 Å². The van der Waals surface area contributed by atoms with Crippen LogP contribution in [0.3, 0.4) is 0 Å². The minimum absolute atomic E-state index is 0.176. The maximum absolute atomic E-state index is 11.1. The van der Waals surface area contributed by atoms with Gasteiger partial charge in [0.1, 0.15) is 12.0 Å². The first-order chi connectivity index (χ1) is 7.27. The van der Waals surface area contributed by atoms with Crippen molar-refractivity contribution < 1.29 is 14.3 Å². The van der Waals surface area contributed by atoms with E-state index in [1.807, 2.05) is 0 Å². The number of hydrogen-bond donors (Lipinski definition) is 0. The van der Waals surface area contributed by atoms with Gasteiger partial charge in [-0.05, 0) is 12.1 Å². The molecule has 4 heteroatoms. The fourth-order valence-electron chi connectivity index (χ4n) is 0.919. The standard InChI is InChI=1S/C11H9NO3/c1-15-11(14)10-8-9(5-6-12-10)4-2-3-7-13/h5-8H,3H2,1H3. The molecule has 0 spiro atoms. The molecule has 0 saturated carbocycles. The summed E-state index contributed by atoms with van der Waals surface area (Å²) in [6, 6.07) is 3.17. The number of aromatic nitrogens is 1. The van der Waals surface area contributed by atoms with Gasteiger partial charge in [0.15, 0.2) is 0 Å². The summed E-state index contributed by atoms with van der Waals surface area (Å²) in [5.74, 6) is 4.87. The van der Waals surface area contributed by atoms with E-state index in [4.69, 9.17) is 0 Å². The summed E-state index contributed by atoms with van der Waals surface area (Å²) in [7, 11) is 1.29. The van der Waals surface area contributed by atoms with Crippen molar-refractivity contribution in [3.63, 3.8) is 0 Å². The lowest BCUT2D eigenvalue weighted by atomic mass is 10.2. The van der Waals surface area contributed by atoms with E-state index in [1.54, 1.807) is 6.07 Å². The van der Waals surface area contributed by atoms with E-state index in [9.17, 15) is 9.59 Å². The molecule has 1 aromatic heterocycles. The van der Waals surface area contributed by atoms with Crippen LogP contribution in [0.2, 0.25) is 0 Å². The first kappa shape index (κ1) is 10.9. The Balaban J connectivity index is 2.89. The van der Waals surface area contributed by atoms with Crippen LogP contribution >= 0.6 is 0 Å². The highest BCUT2D eigenvalue weighted by Crippen LogP contribution is 2.01. The summed E-state index contributed by atoms with van der Waals surface area (Å²) < 4.78 is 4.51. The van der Waals surface area contributed by atoms with Crippen LogP contribution in [0.4, 0.5) is 0 Å². The molecule has 0 aliphatic carbocycles. The topological polar surface area (TPSA) is 56.3 Å². The molecule has 0 aromatic carbocycles. The fourth-order valence-corrected chi connectivity index (χ4v) is 0.919. The molecule has 0 aliphatic rings. The molecule has 0 amide bonds. The van der Waals surface area contributed by atoms with Crippen LogP contribution in [0.15, 0.2) is 18.3 Å². The third kappa shape index (κ3) is 3.24. The Labute approximate surface area is 87.3 Å². The predicted molar refractivity (Wildman–Crippen MR) is 53.1 cm³/mol. The zero-order valence-corrected chi connectivity index (χ0v) is 8.19. The highest BCUT2D eigenvalue weighted by molar-refractivity contribution is 5.87. The summed E-state index contributed by atoms with van der Waals surface area (Å²) in [6.45, 7) is 0. The minimum Gasteiger partial charge on any atom is -0.464 e. The van der Waals surface area contributed by atoms with Crippen molar-refractivity contribution >= 4 is 12.3 Å². The number of esters is 1. The Morgan fingerprint density at radius 2 is 2.47 bits per heavy atom. The Kier molecular flexibility index (Phi) is 4.05. The molecular weight excluding hydrogens is 194 g/mol. The van der Waals surface area contributed by atoms with Crippen LogP contribution < -0.4 is 0 Å². The third-order valence-electron chi connectivity index (χ3n) is 1.57. The average molecular weight is 203 g/mol. The summed E-state index contributed by atoms with van der Waals surface area (Å²) in [5, 5.41) is 0. The highest BCUT2D eigenvalue weighted by Gasteiger charge is 2.05. The Bertz CT molecular complexity index is 429. The van der Waals surface area contributed by atoms with Crippen LogP contribution in [0, 0.1) is 11.8 Å². The minimum atomic E-state index is -0.506. The molecule has 0 N–H and O–H groups in total. The van der Waals surface area contributed by atoms with E-state index in [0.29, 0.717) is 5.56 Å². The first-order valence-electron chi connectivity index (χ1n) is 4.25. The zero-order chi connectivity index (χ0) is 11.1. The molecule has 1 aromatic rings. The molecule has 1 heterocycles. The number of pyridine rings is 1. The summed E-state index contributed by atoms with van der Waals surface area (Å²) in [4.78, 5) is 25.0. The van der Waals surface area contributed by atoms with E-state index < -0.39 is 5.97 Å². The molecule has 0 saturated heterocycles. The second-order valence-corrected chi connectivity index (χ2v) is 2.59. The SMILES string of the molecule is COC(=O)c1cc(C#CCC=O)ccn1. The van der Waals surface area contributed by atoms with Crippen molar-refractivity contribution in [2.45, 2.75) is 6.42 Å². The maximum Gasteiger partial charge on any atom is 0.356 e. The number of carbonyl (C=O) groups is 2. The molecule has 0 aliphatic heterocycles. The van der Waals surface area contributed by atoms with Crippen molar-refractivity contribution in [2.75, 3.05) is 7.11 Å². The lowest BCUT2D eigenvalue weighted by Gasteiger charge is -1.97. The number of methoxy groups -OCH3 is 1. The monoisotopic (exact) mass is 203 g/mol. The van der Waals surface area contributed by atoms with Crippen molar-refractivity contribution in [3.05, 3.63) is 29.6 Å². The van der Waals surface area contributed by atoms with Gasteiger partial charge < -0.3 is 9.53 Å². The Morgan fingerprint density at radius 3 is 3.13 bits per heavy atom. The highest BCUT2D eigenvalue weighted by atomic mass is 16.5. The van der Waals surface area contributed by atoms with Gasteiger partial charge in [-0.15, -0.1) is 0 Å².